The number of carbonyl (C=O) groups excluding carboxylic acids is 1. The molecule has 0 saturated heterocycles. The highest BCUT2D eigenvalue weighted by Crippen LogP contribution is 2.15. The normalized spacial score (nSPS) is 15.5. The van der Waals surface area contributed by atoms with E-state index in [1.54, 1.807) is 30.3 Å². The molecule has 1 unspecified atom stereocenters. The maximum atomic E-state index is 11.2. The molecule has 0 aliphatic rings. The summed E-state index contributed by atoms with van der Waals surface area (Å²) in [6.45, 7) is 0. The van der Waals surface area contributed by atoms with E-state index in [4.69, 9.17) is 0 Å². The van der Waals surface area contributed by atoms with Crippen molar-refractivity contribution in [2.24, 2.45) is 0 Å². The maximum Gasteiger partial charge on any atom is 0.306 e. The highest BCUT2D eigenvalue weighted by molar-refractivity contribution is 5.69. The van der Waals surface area contributed by atoms with E-state index in [1.807, 2.05) is 0 Å². The molecular formula is C8H9NO2. The summed E-state index contributed by atoms with van der Waals surface area (Å²) in [7, 11) is 1.29. The third-order valence-electron chi connectivity index (χ3n) is 1.47. The fourth-order valence-corrected chi connectivity index (χ4v) is 0.785. The molecule has 1 aromatic carbocycles. The first-order valence-electron chi connectivity index (χ1n) is 3.26. The molecule has 3 nitrogen and oxygen atoms in total. The number of quaternary nitrogens is 1. The number of carbonyl (C=O) groups is 1. The first kappa shape index (κ1) is 7.91. The zero-order valence-electron chi connectivity index (χ0n) is 6.23. The molecule has 0 aromatic heterocycles. The number of para-hydroxylation sites is 1. The van der Waals surface area contributed by atoms with Gasteiger partial charge in [0.2, 0.25) is 0 Å². The third-order valence-corrected chi connectivity index (χ3v) is 1.47. The van der Waals surface area contributed by atoms with Crippen molar-refractivity contribution in [1.29, 1.82) is 0 Å². The predicted octanol–water partition coefficient (Wildman–Crippen LogP) is 1.28. The lowest BCUT2D eigenvalue weighted by Crippen LogP contribution is -2.36. The summed E-state index contributed by atoms with van der Waals surface area (Å²) in [4.78, 5) is 10.3. The summed E-state index contributed by atoms with van der Waals surface area (Å²) >= 11 is 0. The van der Waals surface area contributed by atoms with Gasteiger partial charge in [-0.25, -0.2) is 4.79 Å². The summed E-state index contributed by atoms with van der Waals surface area (Å²) in [6, 6.07) is 8.51. The molecule has 0 fully saturated rings. The molecule has 0 heterocycles. The second-order valence-electron chi connectivity index (χ2n) is 2.43. The van der Waals surface area contributed by atoms with Gasteiger partial charge in [-0.05, 0) is 12.1 Å². The van der Waals surface area contributed by atoms with Crippen LogP contribution in [0.2, 0.25) is 0 Å². The van der Waals surface area contributed by atoms with Gasteiger partial charge in [-0.15, -0.1) is 0 Å². The predicted molar refractivity (Wildman–Crippen MR) is 43.6 cm³/mol. The molecule has 0 radical (unpaired) electrons. The molecule has 1 rings (SSSR count). The van der Waals surface area contributed by atoms with Gasteiger partial charge in [-0.2, -0.15) is 0 Å². The molecule has 0 spiro atoms. The first-order chi connectivity index (χ1) is 5.17. The summed E-state index contributed by atoms with van der Waals surface area (Å²) in [5.41, 5.74) is 0.447. The Bertz CT molecular complexity index is 244. The van der Waals surface area contributed by atoms with Crippen molar-refractivity contribution >= 4 is 12.1 Å². The van der Waals surface area contributed by atoms with E-state index in [0.717, 1.165) is 0 Å². The molecule has 11 heavy (non-hydrogen) atoms. The van der Waals surface area contributed by atoms with Crippen molar-refractivity contribution in [2.45, 2.75) is 0 Å². The Morgan fingerprint density at radius 1 is 1.36 bits per heavy atom. The Hall–Kier alpha value is -1.19. The van der Waals surface area contributed by atoms with Gasteiger partial charge in [0.05, 0.1) is 7.05 Å². The molecule has 0 saturated carbocycles. The Balaban J connectivity index is 3.02. The van der Waals surface area contributed by atoms with Crippen molar-refractivity contribution in [1.82, 2.24) is 4.65 Å². The van der Waals surface area contributed by atoms with Crippen LogP contribution in [-0.2, 0) is 4.79 Å². The number of hydrogen-bond acceptors (Lipinski definition) is 2. The first-order valence-corrected chi connectivity index (χ1v) is 3.26. The molecule has 1 aromatic rings. The Morgan fingerprint density at radius 2 is 1.91 bits per heavy atom. The second kappa shape index (κ2) is 2.82. The minimum absolute atomic E-state index is 0.356. The van der Waals surface area contributed by atoms with Crippen LogP contribution in [0.1, 0.15) is 0 Å². The van der Waals surface area contributed by atoms with Crippen molar-refractivity contribution in [3.8, 4) is 0 Å². The molecule has 0 bridgehead atoms. The topological polar surface area (TPSA) is 40.1 Å². The molecule has 1 atom stereocenters. The van der Waals surface area contributed by atoms with Crippen molar-refractivity contribution < 1.29 is 4.79 Å². The van der Waals surface area contributed by atoms with E-state index >= 15 is 0 Å². The number of hydrogen-bond donors (Lipinski definition) is 0. The molecule has 0 N–H and O–H groups in total. The molecule has 3 heteroatoms. The molecule has 0 aliphatic carbocycles. The smallest absolute Gasteiger partial charge is 0.306 e. The molecule has 0 aliphatic heterocycles. The lowest BCUT2D eigenvalue weighted by atomic mass is 10.3. The van der Waals surface area contributed by atoms with Crippen molar-refractivity contribution in [3.05, 3.63) is 35.5 Å². The lowest BCUT2D eigenvalue weighted by molar-refractivity contribution is -0.114. The van der Waals surface area contributed by atoms with Gasteiger partial charge < -0.3 is 5.21 Å². The van der Waals surface area contributed by atoms with E-state index in [0.29, 0.717) is 12.1 Å². The number of benzene rings is 1. The summed E-state index contributed by atoms with van der Waals surface area (Å²) in [6.07, 6.45) is 0.356. The minimum Gasteiger partial charge on any atom is -0.620 e. The van der Waals surface area contributed by atoms with Crippen LogP contribution in [0, 0.1) is 5.21 Å². The van der Waals surface area contributed by atoms with E-state index in [9.17, 15) is 10.0 Å². The monoisotopic (exact) mass is 151 g/mol. The summed E-state index contributed by atoms with van der Waals surface area (Å²) in [5.74, 6) is 0. The van der Waals surface area contributed by atoms with Crippen LogP contribution in [0.5, 0.6) is 0 Å². The fourth-order valence-electron chi connectivity index (χ4n) is 0.785. The molecular weight excluding hydrogens is 142 g/mol. The van der Waals surface area contributed by atoms with Crippen LogP contribution in [0.3, 0.4) is 0 Å². The van der Waals surface area contributed by atoms with Crippen LogP contribution in [-0.4, -0.2) is 13.5 Å². The number of hydroxylamine groups is 2. The van der Waals surface area contributed by atoms with Crippen molar-refractivity contribution in [2.75, 3.05) is 7.05 Å². The van der Waals surface area contributed by atoms with Gasteiger partial charge in [0, 0.05) is 0 Å². The maximum absolute atomic E-state index is 11.2. The molecule has 1 amide bonds. The second-order valence-corrected chi connectivity index (χ2v) is 2.43. The Morgan fingerprint density at radius 3 is 2.36 bits per heavy atom. The van der Waals surface area contributed by atoms with Crippen molar-refractivity contribution in [3.63, 3.8) is 0 Å². The van der Waals surface area contributed by atoms with Gasteiger partial charge in [0.1, 0.15) is 5.69 Å². The van der Waals surface area contributed by atoms with Crippen LogP contribution < -0.4 is 4.65 Å². The van der Waals surface area contributed by atoms with Gasteiger partial charge in [-0.1, -0.05) is 18.2 Å². The van der Waals surface area contributed by atoms with E-state index < -0.39 is 4.65 Å². The van der Waals surface area contributed by atoms with Crippen LogP contribution in [0.15, 0.2) is 30.3 Å². The van der Waals surface area contributed by atoms with E-state index in [1.165, 1.54) is 7.05 Å². The van der Waals surface area contributed by atoms with Gasteiger partial charge in [0.25, 0.3) is 0 Å². The van der Waals surface area contributed by atoms with Crippen LogP contribution in [0.4, 0.5) is 5.69 Å². The van der Waals surface area contributed by atoms with Gasteiger partial charge >= 0.3 is 6.41 Å². The fraction of sp³-hybridized carbons (Fsp3) is 0.125. The average molecular weight is 151 g/mol. The van der Waals surface area contributed by atoms with Crippen LogP contribution >= 0.6 is 0 Å². The van der Waals surface area contributed by atoms with Gasteiger partial charge in [-0.3, -0.25) is 4.65 Å². The van der Waals surface area contributed by atoms with Gasteiger partial charge in [0.15, 0.2) is 0 Å². The number of rotatable bonds is 2. The largest absolute Gasteiger partial charge is 0.620 e. The SMILES string of the molecule is C[N+]([O-])(C=O)c1ccccc1. The number of nitrogens with zero attached hydrogens (tertiary/aromatic N) is 1. The zero-order valence-corrected chi connectivity index (χ0v) is 6.23. The molecule has 58 valence electrons. The third kappa shape index (κ3) is 1.63. The zero-order chi connectivity index (χ0) is 8.32. The van der Waals surface area contributed by atoms with Crippen LogP contribution in [0.25, 0.3) is 0 Å². The standard InChI is InChI=1S/C8H9NO2/c1-9(11,7-10)8-5-3-2-4-6-8/h2-7H,1H3. The quantitative estimate of drug-likeness (QED) is 0.363. The number of amides is 1. The highest BCUT2D eigenvalue weighted by atomic mass is 16.6. The summed E-state index contributed by atoms with van der Waals surface area (Å²) < 4.78 is -0.971. The van der Waals surface area contributed by atoms with E-state index in [2.05, 4.69) is 0 Å². The lowest BCUT2D eigenvalue weighted by Gasteiger charge is -2.29. The average Bonchev–Trinajstić information content (AvgIpc) is 2.06. The summed E-state index contributed by atoms with van der Waals surface area (Å²) in [5, 5.41) is 11.2. The minimum atomic E-state index is -0.971. The van der Waals surface area contributed by atoms with E-state index in [-0.39, 0.29) is 0 Å². The highest BCUT2D eigenvalue weighted by Gasteiger charge is 2.10. The Kier molecular flexibility index (Phi) is 2.03. The Labute approximate surface area is 65.0 Å².